The van der Waals surface area contributed by atoms with Gasteiger partial charge in [0, 0.05) is 30.9 Å². The predicted octanol–water partition coefficient (Wildman–Crippen LogP) is 3.55. The van der Waals surface area contributed by atoms with E-state index in [-0.39, 0.29) is 24.8 Å². The number of halogens is 1. The third-order valence-corrected chi connectivity index (χ3v) is 4.99. The highest BCUT2D eigenvalue weighted by atomic mass is 19.1. The number of hydrogen-bond donors (Lipinski definition) is 0. The second-order valence-electron chi connectivity index (χ2n) is 7.03. The highest BCUT2D eigenvalue weighted by Gasteiger charge is 2.43. The van der Waals surface area contributed by atoms with Crippen LogP contribution in [0.3, 0.4) is 0 Å². The zero-order chi connectivity index (χ0) is 19.4. The maximum absolute atomic E-state index is 15.6. The maximum atomic E-state index is 15.6. The van der Waals surface area contributed by atoms with E-state index in [4.69, 9.17) is 4.52 Å². The van der Waals surface area contributed by atoms with Gasteiger partial charge >= 0.3 is 0 Å². The van der Waals surface area contributed by atoms with Gasteiger partial charge in [0.05, 0.1) is 6.54 Å². The molecule has 1 amide bonds. The Morgan fingerprint density at radius 2 is 2.07 bits per heavy atom. The molecule has 1 aliphatic heterocycles. The zero-order valence-electron chi connectivity index (χ0n) is 15.4. The monoisotopic (exact) mass is 380 g/mol. The normalized spacial score (nSPS) is 19.5. The number of amides is 1. The summed E-state index contributed by atoms with van der Waals surface area (Å²) < 4.78 is 20.8. The van der Waals surface area contributed by atoms with E-state index >= 15 is 4.39 Å². The Kier molecular flexibility index (Phi) is 5.14. The molecule has 1 atom stereocenters. The Balaban J connectivity index is 1.44. The molecule has 1 unspecified atom stereocenters. The number of rotatable bonds is 5. The molecule has 0 saturated carbocycles. The van der Waals surface area contributed by atoms with Crippen molar-refractivity contribution in [1.29, 1.82) is 0 Å². The Hall–Kier alpha value is -3.09. The van der Waals surface area contributed by atoms with E-state index in [1.165, 1.54) is 0 Å². The average Bonchev–Trinajstić information content (AvgIpc) is 3.25. The summed E-state index contributed by atoms with van der Waals surface area (Å²) in [6.07, 6.45) is 5.04. The summed E-state index contributed by atoms with van der Waals surface area (Å²) in [5.41, 5.74) is -0.0706. The number of nitrogens with zero attached hydrogens (tertiary/aromatic N) is 4. The van der Waals surface area contributed by atoms with Crippen molar-refractivity contribution in [2.75, 3.05) is 13.1 Å². The molecule has 1 aliphatic rings. The number of carbonyl (C=O) groups excluding carboxylic acids is 1. The van der Waals surface area contributed by atoms with Gasteiger partial charge in [-0.25, -0.2) is 4.39 Å². The van der Waals surface area contributed by atoms with Crippen molar-refractivity contribution in [1.82, 2.24) is 20.0 Å². The fourth-order valence-electron chi connectivity index (χ4n) is 3.47. The first-order valence-electron chi connectivity index (χ1n) is 9.39. The summed E-state index contributed by atoms with van der Waals surface area (Å²) in [6, 6.07) is 13.4. The standard InChI is InChI=1S/C21H21FN4O2/c22-21(20-24-19(25-28-20)17-8-4-12-23-14-17)11-5-13-26(15-21)18(27)10-9-16-6-2-1-3-7-16/h1-4,6-8,12,14H,5,9-11,13,15H2. The van der Waals surface area contributed by atoms with Crippen LogP contribution in [-0.2, 0) is 16.9 Å². The number of piperidine rings is 1. The van der Waals surface area contributed by atoms with Crippen LogP contribution in [0.25, 0.3) is 11.4 Å². The van der Waals surface area contributed by atoms with Crippen LogP contribution in [0.4, 0.5) is 4.39 Å². The summed E-state index contributed by atoms with van der Waals surface area (Å²) in [7, 11) is 0. The van der Waals surface area contributed by atoms with Crippen molar-refractivity contribution in [3.8, 4) is 11.4 Å². The van der Waals surface area contributed by atoms with Crippen LogP contribution in [0.2, 0.25) is 0 Å². The van der Waals surface area contributed by atoms with Crippen LogP contribution < -0.4 is 0 Å². The summed E-state index contributed by atoms with van der Waals surface area (Å²) in [5.74, 6) is 0.164. The van der Waals surface area contributed by atoms with Gasteiger partial charge in [0.2, 0.25) is 17.4 Å². The van der Waals surface area contributed by atoms with Crippen LogP contribution in [0.15, 0.2) is 59.4 Å². The topological polar surface area (TPSA) is 72.1 Å². The molecule has 28 heavy (non-hydrogen) atoms. The smallest absolute Gasteiger partial charge is 0.266 e. The maximum Gasteiger partial charge on any atom is 0.266 e. The minimum atomic E-state index is -1.83. The van der Waals surface area contributed by atoms with Crippen molar-refractivity contribution >= 4 is 5.91 Å². The van der Waals surface area contributed by atoms with E-state index in [1.54, 1.807) is 29.4 Å². The molecule has 0 bridgehead atoms. The number of alkyl halides is 1. The summed E-state index contributed by atoms with van der Waals surface area (Å²) in [5, 5.41) is 3.88. The molecule has 4 rings (SSSR count). The van der Waals surface area contributed by atoms with Gasteiger partial charge in [0.15, 0.2) is 0 Å². The van der Waals surface area contributed by atoms with Gasteiger partial charge in [-0.05, 0) is 37.0 Å². The van der Waals surface area contributed by atoms with E-state index in [0.29, 0.717) is 37.2 Å². The molecule has 7 heteroatoms. The van der Waals surface area contributed by atoms with Gasteiger partial charge in [0.1, 0.15) is 0 Å². The molecule has 0 spiro atoms. The zero-order valence-corrected chi connectivity index (χ0v) is 15.4. The van der Waals surface area contributed by atoms with Crippen molar-refractivity contribution in [2.45, 2.75) is 31.4 Å². The molecule has 2 aromatic heterocycles. The van der Waals surface area contributed by atoms with Gasteiger partial charge < -0.3 is 9.42 Å². The van der Waals surface area contributed by atoms with Crippen LogP contribution in [0.5, 0.6) is 0 Å². The summed E-state index contributed by atoms with van der Waals surface area (Å²) in [6.45, 7) is 0.484. The number of carbonyl (C=O) groups is 1. The number of likely N-dealkylation sites (tertiary alicyclic amines) is 1. The van der Waals surface area contributed by atoms with Gasteiger partial charge in [-0.3, -0.25) is 9.78 Å². The van der Waals surface area contributed by atoms with Gasteiger partial charge in [0.25, 0.3) is 5.89 Å². The van der Waals surface area contributed by atoms with Crippen LogP contribution >= 0.6 is 0 Å². The molecule has 1 aromatic carbocycles. The van der Waals surface area contributed by atoms with E-state index in [1.807, 2.05) is 30.3 Å². The molecule has 0 N–H and O–H groups in total. The number of hydrogen-bond acceptors (Lipinski definition) is 5. The number of aromatic nitrogens is 3. The van der Waals surface area contributed by atoms with E-state index in [9.17, 15) is 4.79 Å². The van der Waals surface area contributed by atoms with Gasteiger partial charge in [-0.1, -0.05) is 35.5 Å². The number of pyridine rings is 1. The summed E-state index contributed by atoms with van der Waals surface area (Å²) >= 11 is 0. The van der Waals surface area contributed by atoms with E-state index in [0.717, 1.165) is 5.56 Å². The third-order valence-electron chi connectivity index (χ3n) is 4.99. The molecule has 0 aliphatic carbocycles. The van der Waals surface area contributed by atoms with Crippen molar-refractivity contribution in [3.63, 3.8) is 0 Å². The average molecular weight is 380 g/mol. The first-order valence-corrected chi connectivity index (χ1v) is 9.39. The highest BCUT2D eigenvalue weighted by Crippen LogP contribution is 2.35. The molecule has 1 fully saturated rings. The van der Waals surface area contributed by atoms with Crippen LogP contribution in [-0.4, -0.2) is 39.0 Å². The lowest BCUT2D eigenvalue weighted by Crippen LogP contribution is -2.46. The molecule has 3 aromatic rings. The predicted molar refractivity (Wildman–Crippen MR) is 101 cm³/mol. The minimum absolute atomic E-state index is 0.0578. The van der Waals surface area contributed by atoms with Crippen LogP contribution in [0, 0.1) is 0 Å². The Morgan fingerprint density at radius 3 is 2.86 bits per heavy atom. The lowest BCUT2D eigenvalue weighted by molar-refractivity contribution is -0.136. The molecule has 3 heterocycles. The second kappa shape index (κ2) is 7.88. The molecule has 6 nitrogen and oxygen atoms in total. The third kappa shape index (κ3) is 3.93. The fraction of sp³-hybridized carbons (Fsp3) is 0.333. The SMILES string of the molecule is O=C(CCc1ccccc1)N1CCCC(F)(c2nc(-c3cccnc3)no2)C1. The van der Waals surface area contributed by atoms with Crippen molar-refractivity contribution in [2.24, 2.45) is 0 Å². The Bertz CT molecular complexity index is 932. The molecule has 0 radical (unpaired) electrons. The largest absolute Gasteiger partial charge is 0.339 e. The fourth-order valence-corrected chi connectivity index (χ4v) is 3.47. The molecule has 144 valence electrons. The first kappa shape index (κ1) is 18.3. The quantitative estimate of drug-likeness (QED) is 0.677. The minimum Gasteiger partial charge on any atom is -0.339 e. The van der Waals surface area contributed by atoms with E-state index < -0.39 is 5.67 Å². The second-order valence-corrected chi connectivity index (χ2v) is 7.03. The number of benzene rings is 1. The Morgan fingerprint density at radius 1 is 1.21 bits per heavy atom. The van der Waals surface area contributed by atoms with E-state index in [2.05, 4.69) is 15.1 Å². The lowest BCUT2D eigenvalue weighted by atomic mass is 9.94. The first-order chi connectivity index (χ1) is 13.6. The van der Waals surface area contributed by atoms with Crippen LogP contribution in [0.1, 0.15) is 30.7 Å². The van der Waals surface area contributed by atoms with Gasteiger partial charge in [-0.15, -0.1) is 0 Å². The highest BCUT2D eigenvalue weighted by molar-refractivity contribution is 5.76. The molecular formula is C21H21FN4O2. The molecule has 1 saturated heterocycles. The summed E-state index contributed by atoms with van der Waals surface area (Å²) in [4.78, 5) is 22.4. The van der Waals surface area contributed by atoms with Gasteiger partial charge in [-0.2, -0.15) is 4.98 Å². The molecular weight excluding hydrogens is 359 g/mol. The number of aryl methyl sites for hydroxylation is 1. The van der Waals surface area contributed by atoms with Crippen molar-refractivity contribution in [3.05, 3.63) is 66.3 Å². The Labute approximate surface area is 162 Å². The van der Waals surface area contributed by atoms with Crippen molar-refractivity contribution < 1.29 is 13.7 Å². The lowest BCUT2D eigenvalue weighted by Gasteiger charge is -2.35.